The highest BCUT2D eigenvalue weighted by molar-refractivity contribution is 9.10. The normalized spacial score (nSPS) is 12.0. The highest BCUT2D eigenvalue weighted by Crippen LogP contribution is 2.23. The lowest BCUT2D eigenvalue weighted by Crippen LogP contribution is -2.27. The average Bonchev–Trinajstić information content (AvgIpc) is 2.23. The van der Waals surface area contributed by atoms with Crippen molar-refractivity contribution in [2.24, 2.45) is 0 Å². The Hall–Kier alpha value is -1.10. The number of esters is 1. The van der Waals surface area contributed by atoms with E-state index in [4.69, 9.17) is 0 Å². The number of halogens is 1. The SMILES string of the molecule is COC(=O)C(C)Nc1nccc(C)c1Br. The van der Waals surface area contributed by atoms with Gasteiger partial charge < -0.3 is 10.1 Å². The Morgan fingerprint density at radius 3 is 2.93 bits per heavy atom. The first-order valence-electron chi connectivity index (χ1n) is 4.51. The van der Waals surface area contributed by atoms with Crippen molar-refractivity contribution in [3.63, 3.8) is 0 Å². The summed E-state index contributed by atoms with van der Waals surface area (Å²) in [5.41, 5.74) is 1.06. The Morgan fingerprint density at radius 2 is 2.33 bits per heavy atom. The van der Waals surface area contributed by atoms with Crippen molar-refractivity contribution in [3.05, 3.63) is 22.3 Å². The number of aromatic nitrogens is 1. The minimum atomic E-state index is -0.416. The van der Waals surface area contributed by atoms with E-state index in [2.05, 4.69) is 31.0 Å². The third-order valence-corrected chi connectivity index (χ3v) is 2.99. The number of hydrogen-bond acceptors (Lipinski definition) is 4. The summed E-state index contributed by atoms with van der Waals surface area (Å²) in [6.07, 6.45) is 1.69. The number of ether oxygens (including phenoxy) is 1. The zero-order valence-corrected chi connectivity index (χ0v) is 10.5. The molecule has 0 fully saturated rings. The van der Waals surface area contributed by atoms with Crippen LogP contribution in [0.4, 0.5) is 5.82 Å². The maximum atomic E-state index is 11.2. The molecule has 1 rings (SSSR count). The van der Waals surface area contributed by atoms with Gasteiger partial charge in [-0.25, -0.2) is 9.78 Å². The van der Waals surface area contributed by atoms with Crippen LogP contribution in [0.3, 0.4) is 0 Å². The van der Waals surface area contributed by atoms with Crippen LogP contribution < -0.4 is 5.32 Å². The van der Waals surface area contributed by atoms with Gasteiger partial charge in [0.2, 0.25) is 0 Å². The molecule has 0 spiro atoms. The summed E-state index contributed by atoms with van der Waals surface area (Å²) in [6.45, 7) is 3.68. The number of rotatable bonds is 3. The van der Waals surface area contributed by atoms with Crippen molar-refractivity contribution in [2.75, 3.05) is 12.4 Å². The van der Waals surface area contributed by atoms with Crippen LogP contribution in [0.1, 0.15) is 12.5 Å². The van der Waals surface area contributed by atoms with Crippen LogP contribution in [0.2, 0.25) is 0 Å². The number of nitrogens with one attached hydrogen (secondary N) is 1. The quantitative estimate of drug-likeness (QED) is 0.857. The zero-order chi connectivity index (χ0) is 11.4. The average molecular weight is 273 g/mol. The third-order valence-electron chi connectivity index (χ3n) is 1.99. The maximum absolute atomic E-state index is 11.2. The molecule has 5 heteroatoms. The predicted molar refractivity (Wildman–Crippen MR) is 61.8 cm³/mol. The second-order valence-corrected chi connectivity index (χ2v) is 3.97. The number of carbonyl (C=O) groups is 1. The Balaban J connectivity index is 2.81. The van der Waals surface area contributed by atoms with Crippen LogP contribution in [-0.4, -0.2) is 24.1 Å². The van der Waals surface area contributed by atoms with Gasteiger partial charge in [-0.3, -0.25) is 0 Å². The van der Waals surface area contributed by atoms with Gasteiger partial charge in [-0.2, -0.15) is 0 Å². The molecule has 0 aliphatic rings. The Kier molecular flexibility index (Phi) is 4.08. The molecule has 4 nitrogen and oxygen atoms in total. The van der Waals surface area contributed by atoms with E-state index in [-0.39, 0.29) is 5.97 Å². The van der Waals surface area contributed by atoms with Crippen molar-refractivity contribution >= 4 is 27.7 Å². The molecule has 0 aliphatic carbocycles. The van der Waals surface area contributed by atoms with Crippen molar-refractivity contribution in [1.29, 1.82) is 0 Å². The van der Waals surface area contributed by atoms with Crippen LogP contribution in [0, 0.1) is 6.92 Å². The summed E-state index contributed by atoms with van der Waals surface area (Å²) < 4.78 is 5.47. The number of anilines is 1. The minimum Gasteiger partial charge on any atom is -0.467 e. The number of pyridine rings is 1. The first kappa shape index (κ1) is 12.0. The summed E-state index contributed by atoms with van der Waals surface area (Å²) in [5.74, 6) is 0.332. The molecule has 1 aromatic rings. The van der Waals surface area contributed by atoms with Gasteiger partial charge in [0, 0.05) is 6.20 Å². The van der Waals surface area contributed by atoms with Gasteiger partial charge in [-0.1, -0.05) is 0 Å². The molecule has 1 unspecified atom stereocenters. The summed E-state index contributed by atoms with van der Waals surface area (Å²) in [5, 5.41) is 2.97. The van der Waals surface area contributed by atoms with E-state index in [1.807, 2.05) is 13.0 Å². The predicted octanol–water partition coefficient (Wildman–Crippen LogP) is 2.13. The molecule has 1 aromatic heterocycles. The number of aryl methyl sites for hydroxylation is 1. The fourth-order valence-corrected chi connectivity index (χ4v) is 1.43. The largest absolute Gasteiger partial charge is 0.467 e. The maximum Gasteiger partial charge on any atom is 0.328 e. The van der Waals surface area contributed by atoms with Gasteiger partial charge >= 0.3 is 5.97 Å². The van der Waals surface area contributed by atoms with Crippen LogP contribution in [-0.2, 0) is 9.53 Å². The monoisotopic (exact) mass is 272 g/mol. The third kappa shape index (κ3) is 2.92. The van der Waals surface area contributed by atoms with Crippen molar-refractivity contribution in [2.45, 2.75) is 19.9 Å². The molecule has 1 N–H and O–H groups in total. The molecule has 0 aliphatic heterocycles. The second kappa shape index (κ2) is 5.11. The number of nitrogens with zero attached hydrogens (tertiary/aromatic N) is 1. The van der Waals surface area contributed by atoms with Gasteiger partial charge in [-0.05, 0) is 41.4 Å². The van der Waals surface area contributed by atoms with E-state index in [0.29, 0.717) is 5.82 Å². The molecule has 0 bridgehead atoms. The molecular formula is C10H13BrN2O2. The summed E-state index contributed by atoms with van der Waals surface area (Å²) in [7, 11) is 1.36. The van der Waals surface area contributed by atoms with E-state index in [0.717, 1.165) is 10.0 Å². The van der Waals surface area contributed by atoms with Crippen LogP contribution >= 0.6 is 15.9 Å². The lowest BCUT2D eigenvalue weighted by Gasteiger charge is -2.13. The second-order valence-electron chi connectivity index (χ2n) is 3.18. The van der Waals surface area contributed by atoms with Gasteiger partial charge in [0.1, 0.15) is 11.9 Å². The molecule has 0 aromatic carbocycles. The Labute approximate surface area is 97.2 Å². The van der Waals surface area contributed by atoms with Gasteiger partial charge in [0.05, 0.1) is 11.6 Å². The van der Waals surface area contributed by atoms with Crippen LogP contribution in [0.15, 0.2) is 16.7 Å². The number of hydrogen-bond donors (Lipinski definition) is 1. The number of methoxy groups -OCH3 is 1. The summed E-state index contributed by atoms with van der Waals surface area (Å²) in [6, 6.07) is 1.47. The molecule has 0 radical (unpaired) electrons. The molecule has 82 valence electrons. The van der Waals surface area contributed by atoms with E-state index < -0.39 is 6.04 Å². The van der Waals surface area contributed by atoms with Gasteiger partial charge in [-0.15, -0.1) is 0 Å². The Bertz CT molecular complexity index is 368. The smallest absolute Gasteiger partial charge is 0.328 e. The fraction of sp³-hybridized carbons (Fsp3) is 0.400. The number of carbonyl (C=O) groups excluding carboxylic acids is 1. The van der Waals surface area contributed by atoms with E-state index >= 15 is 0 Å². The highest BCUT2D eigenvalue weighted by Gasteiger charge is 2.14. The van der Waals surface area contributed by atoms with Crippen molar-refractivity contribution in [1.82, 2.24) is 4.98 Å². The van der Waals surface area contributed by atoms with Gasteiger partial charge in [0.25, 0.3) is 0 Å². The standard InChI is InChI=1S/C10H13BrN2O2/c1-6-4-5-12-9(8(6)11)13-7(2)10(14)15-3/h4-5,7H,1-3H3,(H,12,13). The first-order valence-corrected chi connectivity index (χ1v) is 5.31. The highest BCUT2D eigenvalue weighted by atomic mass is 79.9. The Morgan fingerprint density at radius 1 is 1.67 bits per heavy atom. The van der Waals surface area contributed by atoms with E-state index in [1.165, 1.54) is 7.11 Å². The lowest BCUT2D eigenvalue weighted by molar-refractivity contribution is -0.141. The topological polar surface area (TPSA) is 51.2 Å². The van der Waals surface area contributed by atoms with Crippen molar-refractivity contribution in [3.8, 4) is 0 Å². The minimum absolute atomic E-state index is 0.315. The molecule has 1 heterocycles. The molecule has 0 amide bonds. The van der Waals surface area contributed by atoms with Crippen LogP contribution in [0.25, 0.3) is 0 Å². The first-order chi connectivity index (χ1) is 7.06. The van der Waals surface area contributed by atoms with E-state index in [1.54, 1.807) is 13.1 Å². The summed E-state index contributed by atoms with van der Waals surface area (Å²) in [4.78, 5) is 15.3. The molecule has 15 heavy (non-hydrogen) atoms. The lowest BCUT2D eigenvalue weighted by atomic mass is 10.3. The molecule has 1 atom stereocenters. The van der Waals surface area contributed by atoms with Crippen molar-refractivity contribution < 1.29 is 9.53 Å². The molecule has 0 saturated carbocycles. The molecular weight excluding hydrogens is 260 g/mol. The van der Waals surface area contributed by atoms with Crippen LogP contribution in [0.5, 0.6) is 0 Å². The fourth-order valence-electron chi connectivity index (χ4n) is 1.08. The van der Waals surface area contributed by atoms with E-state index in [9.17, 15) is 4.79 Å². The summed E-state index contributed by atoms with van der Waals surface area (Å²) >= 11 is 3.40. The van der Waals surface area contributed by atoms with Gasteiger partial charge in [0.15, 0.2) is 0 Å². The molecule has 0 saturated heterocycles. The zero-order valence-electron chi connectivity index (χ0n) is 8.87.